The minimum Gasteiger partial charge on any atom is -0.264 e. The Bertz CT molecular complexity index is 459. The molecule has 0 aromatic carbocycles. The summed E-state index contributed by atoms with van der Waals surface area (Å²) in [5.74, 6) is 0. The number of nitrogens with one attached hydrogen (secondary N) is 1. The summed E-state index contributed by atoms with van der Waals surface area (Å²) in [7, 11) is -3.41. The molecule has 6 heteroatoms. The normalized spacial score (nSPS) is 13.5. The first-order chi connectivity index (χ1) is 6.96. The average molecular weight is 291 g/mol. The van der Waals surface area contributed by atoms with Crippen molar-refractivity contribution in [2.45, 2.75) is 13.0 Å². The second-order valence-corrected chi connectivity index (χ2v) is 5.46. The van der Waals surface area contributed by atoms with E-state index in [9.17, 15) is 8.42 Å². The van der Waals surface area contributed by atoms with Crippen LogP contribution in [0.2, 0.25) is 0 Å². The van der Waals surface area contributed by atoms with Gasteiger partial charge in [0.1, 0.15) is 0 Å². The highest BCUT2D eigenvalue weighted by molar-refractivity contribution is 9.10. The third kappa shape index (κ3) is 3.40. The maximum atomic E-state index is 11.2. The molecular weight excluding hydrogens is 280 g/mol. The minimum absolute atomic E-state index is 0.328. The Kier molecular flexibility index (Phi) is 4.01. The van der Waals surface area contributed by atoms with Gasteiger partial charge in [0.05, 0.1) is 0 Å². The van der Waals surface area contributed by atoms with Crippen LogP contribution >= 0.6 is 15.9 Å². The van der Waals surface area contributed by atoms with Crippen LogP contribution in [-0.2, 0) is 10.0 Å². The third-order valence-electron chi connectivity index (χ3n) is 1.83. The first-order valence-corrected chi connectivity index (χ1v) is 6.54. The molecule has 0 saturated carbocycles. The van der Waals surface area contributed by atoms with Crippen molar-refractivity contribution in [2.75, 3.05) is 0 Å². The Hall–Kier alpha value is -0.720. The second-order valence-electron chi connectivity index (χ2n) is 2.95. The number of halogens is 1. The Labute approximate surface area is 97.6 Å². The van der Waals surface area contributed by atoms with E-state index >= 15 is 0 Å². The fraction of sp³-hybridized carbons (Fsp3) is 0.222. The fourth-order valence-electron chi connectivity index (χ4n) is 1.10. The number of hydrogen-bond donors (Lipinski definition) is 1. The molecule has 1 rings (SSSR count). The van der Waals surface area contributed by atoms with Crippen LogP contribution in [0.5, 0.6) is 0 Å². The van der Waals surface area contributed by atoms with Crippen molar-refractivity contribution < 1.29 is 8.42 Å². The molecule has 0 aliphatic carbocycles. The van der Waals surface area contributed by atoms with Gasteiger partial charge in [-0.2, -0.15) is 0 Å². The molecular formula is C9H11BrN2O2S. The molecule has 0 bridgehead atoms. The largest absolute Gasteiger partial charge is 0.264 e. The van der Waals surface area contributed by atoms with Gasteiger partial charge in [0.25, 0.3) is 0 Å². The SMILES string of the molecule is C=CS(=O)(=O)N[C@@H](C)c1ccncc1Br. The smallest absolute Gasteiger partial charge is 0.233 e. The van der Waals surface area contributed by atoms with Gasteiger partial charge in [-0.05, 0) is 34.5 Å². The molecule has 0 aliphatic heterocycles. The predicted octanol–water partition coefficient (Wildman–Crippen LogP) is 1.97. The average Bonchev–Trinajstić information content (AvgIpc) is 2.17. The van der Waals surface area contributed by atoms with Crippen molar-refractivity contribution in [3.8, 4) is 0 Å². The molecule has 0 aliphatic rings. The molecule has 15 heavy (non-hydrogen) atoms. The zero-order chi connectivity index (χ0) is 11.5. The summed E-state index contributed by atoms with van der Waals surface area (Å²) in [5, 5.41) is 0.887. The van der Waals surface area contributed by atoms with E-state index in [0.717, 1.165) is 15.4 Å². The van der Waals surface area contributed by atoms with Crippen LogP contribution in [-0.4, -0.2) is 13.4 Å². The lowest BCUT2D eigenvalue weighted by molar-refractivity contribution is 0.576. The summed E-state index contributed by atoms with van der Waals surface area (Å²) in [5.41, 5.74) is 0.829. The molecule has 1 aromatic rings. The van der Waals surface area contributed by atoms with Gasteiger partial charge >= 0.3 is 0 Å². The van der Waals surface area contributed by atoms with E-state index in [1.165, 1.54) is 0 Å². The van der Waals surface area contributed by atoms with Crippen molar-refractivity contribution in [2.24, 2.45) is 0 Å². The lowest BCUT2D eigenvalue weighted by Crippen LogP contribution is -2.24. The lowest BCUT2D eigenvalue weighted by Gasteiger charge is -2.13. The van der Waals surface area contributed by atoms with Crippen molar-refractivity contribution in [1.29, 1.82) is 0 Å². The first-order valence-electron chi connectivity index (χ1n) is 4.20. The molecule has 0 radical (unpaired) electrons. The van der Waals surface area contributed by atoms with Crippen LogP contribution in [0.3, 0.4) is 0 Å². The van der Waals surface area contributed by atoms with E-state index in [1.807, 2.05) is 0 Å². The number of nitrogens with zero attached hydrogens (tertiary/aromatic N) is 1. The second kappa shape index (κ2) is 4.87. The van der Waals surface area contributed by atoms with Crippen LogP contribution in [0.1, 0.15) is 18.5 Å². The van der Waals surface area contributed by atoms with Crippen molar-refractivity contribution in [1.82, 2.24) is 9.71 Å². The summed E-state index contributed by atoms with van der Waals surface area (Å²) in [4.78, 5) is 3.90. The molecule has 1 heterocycles. The summed E-state index contributed by atoms with van der Waals surface area (Å²) >= 11 is 3.30. The topological polar surface area (TPSA) is 59.1 Å². The number of pyridine rings is 1. The van der Waals surface area contributed by atoms with E-state index < -0.39 is 10.0 Å². The molecule has 0 fully saturated rings. The van der Waals surface area contributed by atoms with Crippen LogP contribution in [0.4, 0.5) is 0 Å². The molecule has 0 spiro atoms. The van der Waals surface area contributed by atoms with Crippen LogP contribution in [0, 0.1) is 0 Å². The molecule has 1 N–H and O–H groups in total. The predicted molar refractivity (Wildman–Crippen MR) is 62.6 cm³/mol. The van der Waals surface area contributed by atoms with Gasteiger partial charge in [0, 0.05) is 28.3 Å². The maximum Gasteiger partial charge on any atom is 0.233 e. The van der Waals surface area contributed by atoms with E-state index in [0.29, 0.717) is 0 Å². The van der Waals surface area contributed by atoms with E-state index in [2.05, 4.69) is 32.2 Å². The van der Waals surface area contributed by atoms with Gasteiger partial charge < -0.3 is 0 Å². The highest BCUT2D eigenvalue weighted by Crippen LogP contribution is 2.22. The molecule has 0 saturated heterocycles. The monoisotopic (exact) mass is 290 g/mol. The molecule has 82 valence electrons. The molecule has 1 aromatic heterocycles. The van der Waals surface area contributed by atoms with Crippen LogP contribution < -0.4 is 4.72 Å². The lowest BCUT2D eigenvalue weighted by atomic mass is 10.1. The highest BCUT2D eigenvalue weighted by Gasteiger charge is 2.14. The van der Waals surface area contributed by atoms with Gasteiger partial charge in [-0.1, -0.05) is 6.58 Å². The van der Waals surface area contributed by atoms with E-state index in [1.54, 1.807) is 25.4 Å². The number of aromatic nitrogens is 1. The quantitative estimate of drug-likeness (QED) is 0.922. The van der Waals surface area contributed by atoms with E-state index in [-0.39, 0.29) is 6.04 Å². The van der Waals surface area contributed by atoms with Gasteiger partial charge in [0.2, 0.25) is 10.0 Å². The van der Waals surface area contributed by atoms with Crippen LogP contribution in [0.15, 0.2) is 34.9 Å². The van der Waals surface area contributed by atoms with Crippen molar-refractivity contribution in [3.05, 3.63) is 40.5 Å². The Morgan fingerprint density at radius 2 is 2.33 bits per heavy atom. The van der Waals surface area contributed by atoms with Crippen LogP contribution in [0.25, 0.3) is 0 Å². The highest BCUT2D eigenvalue weighted by atomic mass is 79.9. The third-order valence-corrected chi connectivity index (χ3v) is 3.61. The van der Waals surface area contributed by atoms with Crippen molar-refractivity contribution >= 4 is 26.0 Å². The van der Waals surface area contributed by atoms with Crippen molar-refractivity contribution in [3.63, 3.8) is 0 Å². The summed E-state index contributed by atoms with van der Waals surface area (Å²) < 4.78 is 25.7. The zero-order valence-electron chi connectivity index (χ0n) is 8.14. The summed E-state index contributed by atoms with van der Waals surface area (Å²) in [6, 6.07) is 1.42. The van der Waals surface area contributed by atoms with Gasteiger partial charge in [-0.15, -0.1) is 0 Å². The number of rotatable bonds is 4. The number of hydrogen-bond acceptors (Lipinski definition) is 3. The Morgan fingerprint density at radius 3 is 2.87 bits per heavy atom. The zero-order valence-corrected chi connectivity index (χ0v) is 10.5. The molecule has 0 unspecified atom stereocenters. The minimum atomic E-state index is -3.41. The number of sulfonamides is 1. The van der Waals surface area contributed by atoms with Gasteiger partial charge in [0.15, 0.2) is 0 Å². The van der Waals surface area contributed by atoms with Gasteiger partial charge in [-0.25, -0.2) is 13.1 Å². The molecule has 0 amide bonds. The first kappa shape index (κ1) is 12.4. The summed E-state index contributed by atoms with van der Waals surface area (Å²) in [6.45, 7) is 4.98. The standard InChI is InChI=1S/C9H11BrN2O2S/c1-3-15(13,14)12-7(2)8-4-5-11-6-9(8)10/h3-7,12H,1H2,2H3/t7-/m0/s1. The molecule has 4 nitrogen and oxygen atoms in total. The van der Waals surface area contributed by atoms with E-state index in [4.69, 9.17) is 0 Å². The summed E-state index contributed by atoms with van der Waals surface area (Å²) in [6.07, 6.45) is 3.23. The molecule has 1 atom stereocenters. The fourth-order valence-corrected chi connectivity index (χ4v) is 2.40. The Morgan fingerprint density at radius 1 is 1.67 bits per heavy atom. The maximum absolute atomic E-state index is 11.2. The van der Waals surface area contributed by atoms with Gasteiger partial charge in [-0.3, -0.25) is 4.98 Å². The Balaban J connectivity index is 2.92.